The van der Waals surface area contributed by atoms with Crippen molar-refractivity contribution in [1.82, 2.24) is 5.32 Å². The molecule has 26 heavy (non-hydrogen) atoms. The van der Waals surface area contributed by atoms with Gasteiger partial charge in [0.2, 0.25) is 0 Å². The topological polar surface area (TPSA) is 84.6 Å². The zero-order valence-electron chi connectivity index (χ0n) is 14.6. The third-order valence-electron chi connectivity index (χ3n) is 5.75. The van der Waals surface area contributed by atoms with Crippen LogP contribution in [-0.4, -0.2) is 29.9 Å². The second-order valence-corrected chi connectivity index (χ2v) is 7.32. The van der Waals surface area contributed by atoms with Crippen LogP contribution in [0.25, 0.3) is 0 Å². The predicted molar refractivity (Wildman–Crippen MR) is 99.0 cm³/mol. The molecule has 0 bridgehead atoms. The highest BCUT2D eigenvalue weighted by Crippen LogP contribution is 2.49. The van der Waals surface area contributed by atoms with Gasteiger partial charge in [0.25, 0.3) is 0 Å². The van der Waals surface area contributed by atoms with Gasteiger partial charge in [-0.1, -0.05) is 48.5 Å². The highest BCUT2D eigenvalue weighted by atomic mass is 16.5. The number of rotatable bonds is 4. The molecule has 2 aromatic carbocycles. The molecular formula is C21H24N2O3. The second-order valence-electron chi connectivity index (χ2n) is 7.32. The molecule has 4 unspecified atom stereocenters. The van der Waals surface area contributed by atoms with Gasteiger partial charge in [0.05, 0.1) is 5.92 Å². The van der Waals surface area contributed by atoms with Crippen molar-refractivity contribution in [3.63, 3.8) is 0 Å². The minimum atomic E-state index is -0.825. The number of aliphatic carboxylic acids is 1. The Morgan fingerprint density at radius 1 is 1.23 bits per heavy atom. The van der Waals surface area contributed by atoms with Crippen LogP contribution in [0.3, 0.4) is 0 Å². The van der Waals surface area contributed by atoms with Crippen LogP contribution in [0.2, 0.25) is 0 Å². The molecule has 0 amide bonds. The Morgan fingerprint density at radius 2 is 1.96 bits per heavy atom. The SMILES string of the molecule is NC12CCNCC1C(C(Cc1ccccc1)C(=O)O)c1ccccc1O2. The fourth-order valence-electron chi connectivity index (χ4n) is 4.46. The van der Waals surface area contributed by atoms with Crippen LogP contribution in [0.5, 0.6) is 5.75 Å². The van der Waals surface area contributed by atoms with E-state index in [1.54, 1.807) is 0 Å². The van der Waals surface area contributed by atoms with E-state index in [0.717, 1.165) is 23.4 Å². The number of hydrogen-bond donors (Lipinski definition) is 3. The average molecular weight is 352 g/mol. The van der Waals surface area contributed by atoms with Crippen molar-refractivity contribution in [3.8, 4) is 5.75 Å². The maximum atomic E-state index is 12.3. The molecule has 2 aliphatic rings. The van der Waals surface area contributed by atoms with Crippen LogP contribution in [-0.2, 0) is 11.2 Å². The van der Waals surface area contributed by atoms with Gasteiger partial charge in [0, 0.05) is 31.3 Å². The molecule has 0 spiro atoms. The lowest BCUT2D eigenvalue weighted by Gasteiger charge is -2.50. The fourth-order valence-corrected chi connectivity index (χ4v) is 4.46. The number of piperidine rings is 1. The molecule has 136 valence electrons. The summed E-state index contributed by atoms with van der Waals surface area (Å²) in [6.07, 6.45) is 1.14. The smallest absolute Gasteiger partial charge is 0.307 e. The number of ether oxygens (including phenoxy) is 1. The van der Waals surface area contributed by atoms with Gasteiger partial charge in [-0.3, -0.25) is 10.5 Å². The van der Waals surface area contributed by atoms with E-state index in [4.69, 9.17) is 10.5 Å². The number of hydrogen-bond acceptors (Lipinski definition) is 4. The first kappa shape index (κ1) is 17.1. The van der Waals surface area contributed by atoms with Crippen molar-refractivity contribution in [3.05, 3.63) is 65.7 Å². The predicted octanol–water partition coefficient (Wildman–Crippen LogP) is 2.37. The summed E-state index contributed by atoms with van der Waals surface area (Å²) in [5, 5.41) is 13.5. The third kappa shape index (κ3) is 2.97. The van der Waals surface area contributed by atoms with E-state index in [-0.39, 0.29) is 11.8 Å². The standard InChI is InChI=1S/C21H24N2O3/c22-21-10-11-23-13-17(21)19(15-8-4-5-9-18(15)26-21)16(20(24)25)12-14-6-2-1-3-7-14/h1-9,16-17,19,23H,10-13,22H2,(H,24,25). The summed E-state index contributed by atoms with van der Waals surface area (Å²) in [7, 11) is 0. The fraction of sp³-hybridized carbons (Fsp3) is 0.381. The van der Waals surface area contributed by atoms with Gasteiger partial charge in [0.1, 0.15) is 5.75 Å². The summed E-state index contributed by atoms with van der Waals surface area (Å²) >= 11 is 0. The minimum Gasteiger partial charge on any atom is -0.481 e. The average Bonchev–Trinajstić information content (AvgIpc) is 2.64. The molecular weight excluding hydrogens is 328 g/mol. The number of carboxylic acid groups (broad SMARTS) is 1. The normalized spacial score (nSPS) is 28.3. The number of nitrogens with two attached hydrogens (primary N) is 1. The van der Waals surface area contributed by atoms with E-state index in [1.165, 1.54) is 0 Å². The van der Waals surface area contributed by atoms with Gasteiger partial charge in [-0.05, 0) is 23.6 Å². The molecule has 2 aromatic rings. The minimum absolute atomic E-state index is 0.0871. The Bertz CT molecular complexity index is 795. The zero-order valence-corrected chi connectivity index (χ0v) is 14.6. The lowest BCUT2D eigenvalue weighted by molar-refractivity contribution is -0.145. The summed E-state index contributed by atoms with van der Waals surface area (Å²) in [5.74, 6) is -0.914. The first-order valence-electron chi connectivity index (χ1n) is 9.13. The Morgan fingerprint density at radius 3 is 2.73 bits per heavy atom. The third-order valence-corrected chi connectivity index (χ3v) is 5.75. The number of nitrogens with one attached hydrogen (secondary N) is 1. The highest BCUT2D eigenvalue weighted by Gasteiger charge is 2.52. The van der Waals surface area contributed by atoms with Crippen LogP contribution >= 0.6 is 0 Å². The van der Waals surface area contributed by atoms with Crippen molar-refractivity contribution in [2.45, 2.75) is 24.5 Å². The molecule has 0 aromatic heterocycles. The van der Waals surface area contributed by atoms with Crippen molar-refractivity contribution in [2.24, 2.45) is 17.6 Å². The molecule has 1 saturated heterocycles. The van der Waals surface area contributed by atoms with Crippen molar-refractivity contribution >= 4 is 5.97 Å². The molecule has 5 heteroatoms. The van der Waals surface area contributed by atoms with E-state index < -0.39 is 17.6 Å². The summed E-state index contributed by atoms with van der Waals surface area (Å²) < 4.78 is 6.18. The maximum Gasteiger partial charge on any atom is 0.307 e. The molecule has 4 atom stereocenters. The van der Waals surface area contributed by atoms with Crippen LogP contribution < -0.4 is 15.8 Å². The lowest BCUT2D eigenvalue weighted by atomic mass is 9.67. The quantitative estimate of drug-likeness (QED) is 0.787. The number of carboxylic acids is 1. The van der Waals surface area contributed by atoms with E-state index in [0.29, 0.717) is 19.4 Å². The first-order chi connectivity index (χ1) is 12.6. The van der Waals surface area contributed by atoms with Gasteiger partial charge < -0.3 is 15.2 Å². The molecule has 2 aliphatic heterocycles. The summed E-state index contributed by atoms with van der Waals surface area (Å²) in [6.45, 7) is 1.44. The van der Waals surface area contributed by atoms with E-state index >= 15 is 0 Å². The molecule has 0 aliphatic carbocycles. The summed E-state index contributed by atoms with van der Waals surface area (Å²) in [6, 6.07) is 17.5. The van der Waals surface area contributed by atoms with Crippen molar-refractivity contribution in [2.75, 3.05) is 13.1 Å². The van der Waals surface area contributed by atoms with E-state index in [2.05, 4.69) is 5.32 Å². The van der Waals surface area contributed by atoms with Gasteiger partial charge in [-0.25, -0.2) is 0 Å². The monoisotopic (exact) mass is 352 g/mol. The molecule has 0 saturated carbocycles. The molecule has 1 fully saturated rings. The molecule has 2 heterocycles. The van der Waals surface area contributed by atoms with Crippen LogP contribution in [0.15, 0.2) is 54.6 Å². The van der Waals surface area contributed by atoms with E-state index in [9.17, 15) is 9.90 Å². The van der Waals surface area contributed by atoms with E-state index in [1.807, 2.05) is 54.6 Å². The van der Waals surface area contributed by atoms with Gasteiger partial charge in [0.15, 0.2) is 5.72 Å². The van der Waals surface area contributed by atoms with Gasteiger partial charge >= 0.3 is 5.97 Å². The number of benzene rings is 2. The molecule has 4 rings (SSSR count). The van der Waals surface area contributed by atoms with Crippen molar-refractivity contribution in [1.29, 1.82) is 0 Å². The van der Waals surface area contributed by atoms with Crippen molar-refractivity contribution < 1.29 is 14.6 Å². The Hall–Kier alpha value is -2.37. The Labute approximate surface area is 153 Å². The number of carbonyl (C=O) groups is 1. The van der Waals surface area contributed by atoms with Crippen LogP contribution in [0, 0.1) is 11.8 Å². The second kappa shape index (κ2) is 6.74. The largest absolute Gasteiger partial charge is 0.481 e. The number of para-hydroxylation sites is 1. The van der Waals surface area contributed by atoms with Gasteiger partial charge in [-0.2, -0.15) is 0 Å². The highest BCUT2D eigenvalue weighted by molar-refractivity contribution is 5.72. The maximum absolute atomic E-state index is 12.3. The molecule has 0 radical (unpaired) electrons. The van der Waals surface area contributed by atoms with Crippen LogP contribution in [0.4, 0.5) is 0 Å². The Balaban J connectivity index is 1.78. The molecule has 4 N–H and O–H groups in total. The summed E-state index contributed by atoms with van der Waals surface area (Å²) in [5.41, 5.74) is 7.79. The zero-order chi connectivity index (χ0) is 18.1. The summed E-state index contributed by atoms with van der Waals surface area (Å²) in [4.78, 5) is 12.3. The van der Waals surface area contributed by atoms with Crippen LogP contribution in [0.1, 0.15) is 23.5 Å². The van der Waals surface area contributed by atoms with Gasteiger partial charge in [-0.15, -0.1) is 0 Å². The first-order valence-corrected chi connectivity index (χ1v) is 9.13. The lowest BCUT2D eigenvalue weighted by Crippen LogP contribution is -2.64. The Kier molecular flexibility index (Phi) is 4.42. The number of fused-ring (bicyclic) bond motifs is 2. The molecule has 5 nitrogen and oxygen atoms in total.